The molecular weight excluding hydrogens is 678 g/mol. The van der Waals surface area contributed by atoms with Gasteiger partial charge in [-0.1, -0.05) is 63.6 Å². The van der Waals surface area contributed by atoms with Gasteiger partial charge in [0.1, 0.15) is 5.54 Å². The molecule has 2 aromatic carbocycles. The molecular formula is C28H39Br2N3O5SSi. The van der Waals surface area contributed by atoms with Gasteiger partial charge in [0.25, 0.3) is 5.91 Å². The summed E-state index contributed by atoms with van der Waals surface area (Å²) >= 11 is 6.96. The van der Waals surface area contributed by atoms with Crippen LogP contribution in [0.3, 0.4) is 0 Å². The van der Waals surface area contributed by atoms with Crippen molar-refractivity contribution in [3.05, 3.63) is 56.5 Å². The van der Waals surface area contributed by atoms with E-state index in [1.807, 2.05) is 36.4 Å². The number of aliphatic hydroxyl groups excluding tert-OH is 2. The molecule has 3 atom stereocenters. The molecule has 0 saturated heterocycles. The fourth-order valence-corrected chi connectivity index (χ4v) is 11.3. The Morgan fingerprint density at radius 2 is 1.38 bits per heavy atom. The first-order valence-electron chi connectivity index (χ1n) is 13.1. The van der Waals surface area contributed by atoms with Crippen molar-refractivity contribution in [2.24, 2.45) is 5.73 Å². The minimum absolute atomic E-state index is 0.0696. The van der Waals surface area contributed by atoms with Gasteiger partial charge in [-0.2, -0.15) is 0 Å². The number of likely N-dealkylation sites (N-methyl/N-ethyl adjacent to an activating group) is 2. The van der Waals surface area contributed by atoms with E-state index in [1.165, 1.54) is 4.90 Å². The molecule has 220 valence electrons. The topological polar surface area (TPSA) is 124 Å². The van der Waals surface area contributed by atoms with Crippen molar-refractivity contribution < 1.29 is 24.0 Å². The standard InChI is InChI=1S/C17H26BrNO3SSi.C11H13BrN2O2/c1-19-14-7-5-6-13(18)15(14)17(8-9-20,16(19)21)12-23(22)10-11-24(2,3)4;1-14-8-4-2-3-7(12)9(8)11(13,5-6-15)10(14)16/h5-7,20H,8-12H2,1-4H3;2-4,15H,5-6,13H2,1H3/t17-,23-;11-/m00/s1. The van der Waals surface area contributed by atoms with E-state index in [0.29, 0.717) is 12.2 Å². The van der Waals surface area contributed by atoms with Crippen molar-refractivity contribution in [2.75, 3.05) is 48.6 Å². The fourth-order valence-electron chi connectivity index (χ4n) is 5.36. The van der Waals surface area contributed by atoms with Crippen LogP contribution in [0.25, 0.3) is 0 Å². The molecule has 2 aliphatic rings. The summed E-state index contributed by atoms with van der Waals surface area (Å²) in [5.41, 5.74) is 7.39. The van der Waals surface area contributed by atoms with Gasteiger partial charge in [0, 0.05) is 89.9 Å². The van der Waals surface area contributed by atoms with Gasteiger partial charge in [0.15, 0.2) is 0 Å². The maximum absolute atomic E-state index is 13.0. The van der Waals surface area contributed by atoms with Crippen LogP contribution >= 0.6 is 31.9 Å². The van der Waals surface area contributed by atoms with Gasteiger partial charge in [0.05, 0.1) is 11.1 Å². The van der Waals surface area contributed by atoms with Crippen molar-refractivity contribution in [2.45, 2.75) is 49.5 Å². The number of nitrogens with two attached hydrogens (primary N) is 1. The Morgan fingerprint density at radius 1 is 0.875 bits per heavy atom. The highest BCUT2D eigenvalue weighted by Crippen LogP contribution is 2.47. The van der Waals surface area contributed by atoms with E-state index in [9.17, 15) is 18.9 Å². The van der Waals surface area contributed by atoms with E-state index < -0.39 is 29.8 Å². The number of rotatable bonds is 9. The molecule has 4 N–H and O–H groups in total. The van der Waals surface area contributed by atoms with Crippen molar-refractivity contribution in [1.82, 2.24) is 0 Å². The number of carbonyl (C=O) groups excluding carboxylic acids is 2. The first-order chi connectivity index (χ1) is 18.6. The zero-order valence-corrected chi connectivity index (χ0v) is 28.7. The first-order valence-corrected chi connectivity index (χ1v) is 19.9. The van der Waals surface area contributed by atoms with E-state index in [0.717, 1.165) is 37.5 Å². The smallest absolute Gasteiger partial charge is 0.251 e. The van der Waals surface area contributed by atoms with E-state index in [4.69, 9.17) is 10.8 Å². The molecule has 0 bridgehead atoms. The third kappa shape index (κ3) is 6.33. The summed E-state index contributed by atoms with van der Waals surface area (Å²) in [5, 5.41) is 18.7. The molecule has 40 heavy (non-hydrogen) atoms. The van der Waals surface area contributed by atoms with E-state index in [2.05, 4.69) is 51.5 Å². The van der Waals surface area contributed by atoms with Crippen LogP contribution < -0.4 is 15.5 Å². The lowest BCUT2D eigenvalue weighted by Crippen LogP contribution is -2.47. The molecule has 0 unspecified atom stereocenters. The van der Waals surface area contributed by atoms with Gasteiger partial charge in [0.2, 0.25) is 5.91 Å². The summed E-state index contributed by atoms with van der Waals surface area (Å²) in [5.74, 6) is 0.652. The van der Waals surface area contributed by atoms with E-state index in [1.54, 1.807) is 19.0 Å². The molecule has 2 heterocycles. The third-order valence-electron chi connectivity index (χ3n) is 7.56. The van der Waals surface area contributed by atoms with Gasteiger partial charge in [-0.25, -0.2) is 0 Å². The largest absolute Gasteiger partial charge is 0.396 e. The Morgan fingerprint density at radius 3 is 1.90 bits per heavy atom. The van der Waals surface area contributed by atoms with E-state index >= 15 is 0 Å². The zero-order valence-electron chi connectivity index (χ0n) is 23.7. The number of benzene rings is 2. The number of carbonyl (C=O) groups is 2. The van der Waals surface area contributed by atoms with Crippen LogP contribution in [0.4, 0.5) is 11.4 Å². The Labute approximate surface area is 257 Å². The van der Waals surface area contributed by atoms with Crippen LogP contribution in [0, 0.1) is 0 Å². The maximum Gasteiger partial charge on any atom is 0.251 e. The summed E-state index contributed by atoms with van der Waals surface area (Å²) < 4.78 is 14.4. The Hall–Kier alpha value is -1.41. The molecule has 4 rings (SSSR count). The molecule has 2 aromatic rings. The lowest BCUT2D eigenvalue weighted by Gasteiger charge is -2.28. The predicted molar refractivity (Wildman–Crippen MR) is 172 cm³/mol. The summed E-state index contributed by atoms with van der Waals surface area (Å²) in [6, 6.07) is 12.2. The summed E-state index contributed by atoms with van der Waals surface area (Å²) in [4.78, 5) is 28.3. The normalized spacial score (nSPS) is 22.6. The Kier molecular flexibility index (Phi) is 10.6. The minimum atomic E-state index is -1.28. The second kappa shape index (κ2) is 12.8. The highest BCUT2D eigenvalue weighted by Gasteiger charge is 2.51. The molecule has 2 amide bonds. The molecule has 12 heteroatoms. The van der Waals surface area contributed by atoms with Gasteiger partial charge in [-0.15, -0.1) is 0 Å². The number of aliphatic hydroxyl groups is 2. The number of hydrogen-bond donors (Lipinski definition) is 3. The van der Waals surface area contributed by atoms with Gasteiger partial charge < -0.3 is 25.7 Å². The van der Waals surface area contributed by atoms with Crippen LogP contribution in [-0.2, 0) is 31.3 Å². The van der Waals surface area contributed by atoms with Gasteiger partial charge in [-0.3, -0.25) is 13.8 Å². The molecule has 8 nitrogen and oxygen atoms in total. The maximum atomic E-state index is 13.0. The molecule has 0 aromatic heterocycles. The van der Waals surface area contributed by atoms with Crippen LogP contribution in [0.2, 0.25) is 25.7 Å². The second-order valence-corrected chi connectivity index (χ2v) is 20.5. The molecule has 0 aliphatic carbocycles. The number of anilines is 2. The van der Waals surface area contributed by atoms with Crippen LogP contribution in [0.15, 0.2) is 45.3 Å². The zero-order chi connectivity index (χ0) is 30.0. The van der Waals surface area contributed by atoms with E-state index in [-0.39, 0.29) is 37.2 Å². The molecule has 0 saturated carbocycles. The molecule has 0 fully saturated rings. The lowest BCUT2D eigenvalue weighted by molar-refractivity contribution is -0.123. The SMILES string of the molecule is CN1C(=O)[C@@](CCO)(C[S@@](=O)CC[Si](C)(C)C)c2c(Br)cccc21.CN1C(=O)[C@](N)(CCO)c2c(Br)cccc21. The highest BCUT2D eigenvalue weighted by molar-refractivity contribution is 9.10. The van der Waals surface area contributed by atoms with Crippen LogP contribution in [-0.4, -0.2) is 73.1 Å². The quantitative estimate of drug-likeness (QED) is 0.336. The van der Waals surface area contributed by atoms with Crippen molar-refractivity contribution in [3.63, 3.8) is 0 Å². The number of halogens is 2. The predicted octanol–water partition coefficient (Wildman–Crippen LogP) is 4.09. The minimum Gasteiger partial charge on any atom is -0.396 e. The second-order valence-electron chi connectivity index (χ2n) is 11.6. The number of amides is 2. The summed E-state index contributed by atoms with van der Waals surface area (Å²) in [7, 11) is 1.07. The van der Waals surface area contributed by atoms with Crippen LogP contribution in [0.5, 0.6) is 0 Å². The summed E-state index contributed by atoms with van der Waals surface area (Å²) in [6.07, 6.45) is 0.524. The third-order valence-corrected chi connectivity index (χ3v) is 12.5. The van der Waals surface area contributed by atoms with Crippen LogP contribution in [0.1, 0.15) is 24.0 Å². The van der Waals surface area contributed by atoms with Gasteiger partial charge in [-0.05, 0) is 36.7 Å². The average molecular weight is 718 g/mol. The van der Waals surface area contributed by atoms with Gasteiger partial charge >= 0.3 is 0 Å². The van der Waals surface area contributed by atoms with Crippen molar-refractivity contribution >= 4 is 73.9 Å². The Balaban J connectivity index is 0.000000238. The molecule has 2 aliphatic heterocycles. The lowest BCUT2D eigenvalue weighted by atomic mass is 9.80. The van der Waals surface area contributed by atoms with Crippen molar-refractivity contribution in [3.8, 4) is 0 Å². The summed E-state index contributed by atoms with van der Waals surface area (Å²) in [6.45, 7) is 6.55. The number of hydrogen-bond acceptors (Lipinski definition) is 6. The first kappa shape index (κ1) is 33.1. The Bertz CT molecular complexity index is 1310. The number of nitrogens with zero attached hydrogens (tertiary/aromatic N) is 2. The molecule has 0 radical (unpaired) electrons. The monoisotopic (exact) mass is 715 g/mol. The average Bonchev–Trinajstić information content (AvgIpc) is 3.21. The number of fused-ring (bicyclic) bond motifs is 2. The highest BCUT2D eigenvalue weighted by atomic mass is 79.9. The van der Waals surface area contributed by atoms with Crippen molar-refractivity contribution in [1.29, 1.82) is 0 Å². The fraction of sp³-hybridized carbons (Fsp3) is 0.500. The molecule has 0 spiro atoms.